The van der Waals surface area contributed by atoms with Crippen LogP contribution in [0.5, 0.6) is 0 Å². The van der Waals surface area contributed by atoms with Gasteiger partial charge >= 0.3 is 18.0 Å². The van der Waals surface area contributed by atoms with Crippen molar-refractivity contribution in [3.05, 3.63) is 0 Å². The quantitative estimate of drug-likeness (QED) is 0.630. The molecule has 0 aromatic heterocycles. The lowest BCUT2D eigenvalue weighted by atomic mass is 10.1. The number of amides is 1. The number of aliphatic carboxylic acids is 1. The highest BCUT2D eigenvalue weighted by Crippen LogP contribution is 2.11. The number of carboxylic acid groups (broad SMARTS) is 1. The molecule has 0 rings (SSSR count). The molecule has 0 aromatic rings. The van der Waals surface area contributed by atoms with Crippen LogP contribution in [-0.2, 0) is 19.1 Å². The molecular weight excluding hydrogens is 302 g/mol. The summed E-state index contributed by atoms with van der Waals surface area (Å²) in [5, 5.41) is 11.2. The Balaban J connectivity index is 4.80. The summed E-state index contributed by atoms with van der Waals surface area (Å²) >= 11 is 0. The van der Waals surface area contributed by atoms with Gasteiger partial charge in [0.2, 0.25) is 0 Å². The molecule has 0 aliphatic heterocycles. The molecule has 0 radical (unpaired) electrons. The van der Waals surface area contributed by atoms with Crippen molar-refractivity contribution in [2.45, 2.75) is 84.5 Å². The number of rotatable bonds is 9. The number of esters is 1. The van der Waals surface area contributed by atoms with Crippen LogP contribution in [-0.4, -0.2) is 40.9 Å². The van der Waals surface area contributed by atoms with Crippen molar-refractivity contribution in [1.29, 1.82) is 0 Å². The fourth-order valence-electron chi connectivity index (χ4n) is 1.88. The highest BCUT2D eigenvalue weighted by molar-refractivity contribution is 5.82. The molecule has 0 fully saturated rings. The molecule has 0 heterocycles. The van der Waals surface area contributed by atoms with Crippen LogP contribution in [0.2, 0.25) is 0 Å². The monoisotopic (exact) mass is 331 g/mol. The molecule has 23 heavy (non-hydrogen) atoms. The number of carbonyl (C=O) groups excluding carboxylic acids is 2. The third-order valence-corrected chi connectivity index (χ3v) is 2.97. The van der Waals surface area contributed by atoms with Gasteiger partial charge in [0.25, 0.3) is 0 Å². The van der Waals surface area contributed by atoms with E-state index in [0.29, 0.717) is 6.42 Å². The lowest BCUT2D eigenvalue weighted by Gasteiger charge is -2.24. The van der Waals surface area contributed by atoms with Crippen LogP contribution in [0.1, 0.15) is 66.7 Å². The van der Waals surface area contributed by atoms with E-state index >= 15 is 0 Å². The first-order valence-electron chi connectivity index (χ1n) is 8.00. The zero-order valence-corrected chi connectivity index (χ0v) is 14.7. The van der Waals surface area contributed by atoms with Crippen molar-refractivity contribution < 1.29 is 29.0 Å². The first-order chi connectivity index (χ1) is 10.6. The average Bonchev–Trinajstić information content (AvgIpc) is 2.40. The predicted octanol–water partition coefficient (Wildman–Crippen LogP) is 2.87. The molecule has 0 aliphatic carbocycles. The standard InChI is InChI=1S/C16H29NO6/c1-6-8-11(7-2)22-14(20)12(9-10-13(18)19)17-15(21)23-16(3,4)5/h11-12H,6-10H2,1-5H3,(H,17,21)(H,18,19). The van der Waals surface area contributed by atoms with Crippen LogP contribution >= 0.6 is 0 Å². The second-order valence-corrected chi connectivity index (χ2v) is 6.39. The molecule has 0 aromatic carbocycles. The van der Waals surface area contributed by atoms with Crippen LogP contribution in [0.15, 0.2) is 0 Å². The third kappa shape index (κ3) is 10.5. The number of nitrogens with one attached hydrogen (secondary N) is 1. The minimum atomic E-state index is -1.05. The van der Waals surface area contributed by atoms with Gasteiger partial charge in [0.1, 0.15) is 17.7 Å². The Bertz CT molecular complexity index is 402. The van der Waals surface area contributed by atoms with E-state index in [-0.39, 0.29) is 18.9 Å². The Kier molecular flexibility index (Phi) is 9.29. The van der Waals surface area contributed by atoms with Gasteiger partial charge in [-0.1, -0.05) is 20.3 Å². The van der Waals surface area contributed by atoms with Crippen LogP contribution in [0.3, 0.4) is 0 Å². The predicted molar refractivity (Wildman–Crippen MR) is 85.1 cm³/mol. The number of alkyl carbamates (subject to hydrolysis) is 1. The Morgan fingerprint density at radius 2 is 1.74 bits per heavy atom. The molecule has 7 heteroatoms. The van der Waals surface area contributed by atoms with Crippen molar-refractivity contribution in [3.8, 4) is 0 Å². The first-order valence-corrected chi connectivity index (χ1v) is 8.00. The zero-order chi connectivity index (χ0) is 18.0. The molecule has 0 saturated carbocycles. The molecule has 2 unspecified atom stereocenters. The second kappa shape index (κ2) is 10.1. The number of carbonyl (C=O) groups is 3. The van der Waals surface area contributed by atoms with E-state index in [1.54, 1.807) is 20.8 Å². The zero-order valence-electron chi connectivity index (χ0n) is 14.7. The van der Waals surface area contributed by atoms with Gasteiger partial charge in [-0.05, 0) is 40.0 Å². The van der Waals surface area contributed by atoms with E-state index in [1.807, 2.05) is 13.8 Å². The van der Waals surface area contributed by atoms with Crippen LogP contribution < -0.4 is 5.32 Å². The molecule has 0 bridgehead atoms. The lowest BCUT2D eigenvalue weighted by Crippen LogP contribution is -2.45. The first kappa shape index (κ1) is 21.2. The van der Waals surface area contributed by atoms with Crippen molar-refractivity contribution in [2.24, 2.45) is 0 Å². The second-order valence-electron chi connectivity index (χ2n) is 6.39. The van der Waals surface area contributed by atoms with E-state index in [2.05, 4.69) is 5.32 Å². The van der Waals surface area contributed by atoms with Gasteiger partial charge in [-0.15, -0.1) is 0 Å². The number of hydrogen-bond acceptors (Lipinski definition) is 5. The molecule has 7 nitrogen and oxygen atoms in total. The summed E-state index contributed by atoms with van der Waals surface area (Å²) in [7, 11) is 0. The van der Waals surface area contributed by atoms with Crippen LogP contribution in [0.4, 0.5) is 4.79 Å². The van der Waals surface area contributed by atoms with E-state index in [1.165, 1.54) is 0 Å². The Morgan fingerprint density at radius 3 is 2.17 bits per heavy atom. The molecule has 1 amide bonds. The topological polar surface area (TPSA) is 102 Å². The highest BCUT2D eigenvalue weighted by atomic mass is 16.6. The molecule has 2 atom stereocenters. The van der Waals surface area contributed by atoms with E-state index in [4.69, 9.17) is 14.6 Å². The summed E-state index contributed by atoms with van der Waals surface area (Å²) < 4.78 is 10.5. The van der Waals surface area contributed by atoms with Gasteiger partial charge in [-0.25, -0.2) is 9.59 Å². The number of ether oxygens (including phenoxy) is 2. The molecule has 2 N–H and O–H groups in total. The molecule has 0 aliphatic rings. The largest absolute Gasteiger partial charge is 0.481 e. The number of hydrogen-bond donors (Lipinski definition) is 2. The molecular formula is C16H29NO6. The van der Waals surface area contributed by atoms with Gasteiger partial charge in [0, 0.05) is 6.42 Å². The highest BCUT2D eigenvalue weighted by Gasteiger charge is 2.27. The van der Waals surface area contributed by atoms with E-state index < -0.39 is 29.7 Å². The van der Waals surface area contributed by atoms with Crippen molar-refractivity contribution in [3.63, 3.8) is 0 Å². The van der Waals surface area contributed by atoms with Gasteiger partial charge in [0.15, 0.2) is 0 Å². The van der Waals surface area contributed by atoms with Crippen molar-refractivity contribution in [1.82, 2.24) is 5.32 Å². The molecule has 0 saturated heterocycles. The maximum Gasteiger partial charge on any atom is 0.408 e. The molecule has 134 valence electrons. The normalized spacial score (nSPS) is 13.8. The molecule has 0 spiro atoms. The lowest BCUT2D eigenvalue weighted by molar-refractivity contribution is -0.152. The fraction of sp³-hybridized carbons (Fsp3) is 0.812. The van der Waals surface area contributed by atoms with E-state index in [9.17, 15) is 14.4 Å². The van der Waals surface area contributed by atoms with Gasteiger partial charge in [0.05, 0.1) is 0 Å². The minimum absolute atomic E-state index is 0.0457. The third-order valence-electron chi connectivity index (χ3n) is 2.97. The smallest absolute Gasteiger partial charge is 0.408 e. The Labute approximate surface area is 137 Å². The van der Waals surface area contributed by atoms with Gasteiger partial charge in [-0.3, -0.25) is 4.79 Å². The van der Waals surface area contributed by atoms with Crippen molar-refractivity contribution in [2.75, 3.05) is 0 Å². The Hall–Kier alpha value is -1.79. The maximum absolute atomic E-state index is 12.2. The van der Waals surface area contributed by atoms with Gasteiger partial charge < -0.3 is 19.9 Å². The maximum atomic E-state index is 12.2. The SMILES string of the molecule is CCCC(CC)OC(=O)C(CCC(=O)O)NC(=O)OC(C)(C)C. The summed E-state index contributed by atoms with van der Waals surface area (Å²) in [5.41, 5.74) is -0.709. The van der Waals surface area contributed by atoms with Crippen molar-refractivity contribution >= 4 is 18.0 Å². The fourth-order valence-corrected chi connectivity index (χ4v) is 1.88. The summed E-state index contributed by atoms with van der Waals surface area (Å²) in [6, 6.07) is -1.04. The minimum Gasteiger partial charge on any atom is -0.481 e. The summed E-state index contributed by atoms with van der Waals surface area (Å²) in [5.74, 6) is -1.67. The van der Waals surface area contributed by atoms with Crippen LogP contribution in [0, 0.1) is 0 Å². The number of carboxylic acids is 1. The summed E-state index contributed by atoms with van der Waals surface area (Å²) in [4.78, 5) is 34.8. The van der Waals surface area contributed by atoms with Crippen LogP contribution in [0.25, 0.3) is 0 Å². The summed E-state index contributed by atoms with van der Waals surface area (Å²) in [6.07, 6.45) is 0.952. The summed E-state index contributed by atoms with van der Waals surface area (Å²) in [6.45, 7) is 8.99. The van der Waals surface area contributed by atoms with Gasteiger partial charge in [-0.2, -0.15) is 0 Å². The van der Waals surface area contributed by atoms with E-state index in [0.717, 1.165) is 12.8 Å². The Morgan fingerprint density at radius 1 is 1.13 bits per heavy atom. The average molecular weight is 331 g/mol.